The summed E-state index contributed by atoms with van der Waals surface area (Å²) in [5.74, 6) is 0.590. The lowest BCUT2D eigenvalue weighted by atomic mass is 9.87. The first-order chi connectivity index (χ1) is 8.08. The molecule has 0 aromatic heterocycles. The van der Waals surface area contributed by atoms with Gasteiger partial charge in [-0.25, -0.2) is 0 Å². The zero-order valence-electron chi connectivity index (χ0n) is 11.0. The standard InChI is InChI=1S/C15H21NO/c1-10-6-11(2)14(12(3)7-10)8-13-9-16-5-4-15(13)17/h6-7,13,16H,4-5,8-9H2,1-3H3. The number of hydrogen-bond donors (Lipinski definition) is 1. The maximum atomic E-state index is 11.8. The van der Waals surface area contributed by atoms with Crippen molar-refractivity contribution in [3.63, 3.8) is 0 Å². The van der Waals surface area contributed by atoms with Crippen molar-refractivity contribution in [3.05, 3.63) is 34.4 Å². The minimum absolute atomic E-state index is 0.170. The lowest BCUT2D eigenvalue weighted by molar-refractivity contribution is -0.123. The summed E-state index contributed by atoms with van der Waals surface area (Å²) >= 11 is 0. The average Bonchev–Trinajstić information content (AvgIpc) is 2.25. The number of carbonyl (C=O) groups is 1. The third kappa shape index (κ3) is 2.75. The summed E-state index contributed by atoms with van der Waals surface area (Å²) in [5, 5.41) is 3.31. The molecule has 0 aliphatic carbocycles. The van der Waals surface area contributed by atoms with Gasteiger partial charge in [-0.05, 0) is 43.9 Å². The molecule has 1 atom stereocenters. The Morgan fingerprint density at radius 2 is 1.88 bits per heavy atom. The SMILES string of the molecule is Cc1cc(C)c(CC2CNCCC2=O)c(C)c1. The topological polar surface area (TPSA) is 29.1 Å². The van der Waals surface area contributed by atoms with Gasteiger partial charge in [0.1, 0.15) is 5.78 Å². The molecule has 0 bridgehead atoms. The van der Waals surface area contributed by atoms with E-state index in [0.29, 0.717) is 12.2 Å². The lowest BCUT2D eigenvalue weighted by Crippen LogP contribution is -2.38. The van der Waals surface area contributed by atoms with E-state index < -0.39 is 0 Å². The summed E-state index contributed by atoms with van der Waals surface area (Å²) in [7, 11) is 0. The van der Waals surface area contributed by atoms with Gasteiger partial charge in [-0.2, -0.15) is 0 Å². The number of piperidine rings is 1. The summed E-state index contributed by atoms with van der Waals surface area (Å²) in [4.78, 5) is 11.8. The molecule has 17 heavy (non-hydrogen) atoms. The predicted molar refractivity (Wildman–Crippen MR) is 70.3 cm³/mol. The Morgan fingerprint density at radius 1 is 1.24 bits per heavy atom. The normalized spacial score (nSPS) is 20.6. The molecule has 1 fully saturated rings. The van der Waals surface area contributed by atoms with E-state index in [0.717, 1.165) is 19.5 Å². The van der Waals surface area contributed by atoms with Gasteiger partial charge in [-0.15, -0.1) is 0 Å². The molecule has 92 valence electrons. The number of benzene rings is 1. The summed E-state index contributed by atoms with van der Waals surface area (Å²) in [6, 6.07) is 4.42. The summed E-state index contributed by atoms with van der Waals surface area (Å²) in [5.41, 5.74) is 5.30. The minimum atomic E-state index is 0.170. The first kappa shape index (κ1) is 12.3. The smallest absolute Gasteiger partial charge is 0.138 e. The summed E-state index contributed by atoms with van der Waals surface area (Å²) in [6.07, 6.45) is 1.58. The Hall–Kier alpha value is -1.15. The van der Waals surface area contributed by atoms with Crippen molar-refractivity contribution in [1.82, 2.24) is 5.32 Å². The highest BCUT2D eigenvalue weighted by Gasteiger charge is 2.23. The Kier molecular flexibility index (Phi) is 3.63. The first-order valence-electron chi connectivity index (χ1n) is 6.38. The number of ketones is 1. The molecule has 2 nitrogen and oxygen atoms in total. The van der Waals surface area contributed by atoms with Gasteiger partial charge in [0.05, 0.1) is 0 Å². The maximum Gasteiger partial charge on any atom is 0.138 e. The fourth-order valence-electron chi connectivity index (χ4n) is 2.77. The van der Waals surface area contributed by atoms with Crippen molar-refractivity contribution >= 4 is 5.78 Å². The van der Waals surface area contributed by atoms with Crippen molar-refractivity contribution in [2.24, 2.45) is 5.92 Å². The highest BCUT2D eigenvalue weighted by atomic mass is 16.1. The van der Waals surface area contributed by atoms with E-state index in [-0.39, 0.29) is 5.92 Å². The van der Waals surface area contributed by atoms with E-state index in [2.05, 4.69) is 38.2 Å². The first-order valence-corrected chi connectivity index (χ1v) is 6.38. The third-order valence-corrected chi connectivity index (χ3v) is 3.69. The van der Waals surface area contributed by atoms with E-state index >= 15 is 0 Å². The number of rotatable bonds is 2. The molecular weight excluding hydrogens is 210 g/mol. The average molecular weight is 231 g/mol. The molecule has 1 heterocycles. The second-order valence-corrected chi connectivity index (χ2v) is 5.20. The zero-order chi connectivity index (χ0) is 12.4. The Bertz CT molecular complexity index is 414. The van der Waals surface area contributed by atoms with Gasteiger partial charge in [-0.1, -0.05) is 17.7 Å². The van der Waals surface area contributed by atoms with Crippen LogP contribution in [0.3, 0.4) is 0 Å². The molecule has 0 amide bonds. The molecule has 1 N–H and O–H groups in total. The van der Waals surface area contributed by atoms with Gasteiger partial charge < -0.3 is 5.32 Å². The molecule has 0 radical (unpaired) electrons. The van der Waals surface area contributed by atoms with Gasteiger partial charge in [0.2, 0.25) is 0 Å². The van der Waals surface area contributed by atoms with Crippen LogP contribution < -0.4 is 5.32 Å². The maximum absolute atomic E-state index is 11.8. The van der Waals surface area contributed by atoms with E-state index in [1.54, 1.807) is 0 Å². The van der Waals surface area contributed by atoms with E-state index in [1.165, 1.54) is 22.3 Å². The highest BCUT2D eigenvalue weighted by molar-refractivity contribution is 5.82. The van der Waals surface area contributed by atoms with E-state index in [1.807, 2.05) is 0 Å². The highest BCUT2D eigenvalue weighted by Crippen LogP contribution is 2.21. The number of aryl methyl sites for hydroxylation is 3. The molecule has 1 aromatic rings. The second-order valence-electron chi connectivity index (χ2n) is 5.20. The Morgan fingerprint density at radius 3 is 2.47 bits per heavy atom. The fourth-order valence-corrected chi connectivity index (χ4v) is 2.77. The lowest BCUT2D eigenvalue weighted by Gasteiger charge is -2.23. The van der Waals surface area contributed by atoms with Gasteiger partial charge in [-0.3, -0.25) is 4.79 Å². The molecule has 1 aliphatic heterocycles. The molecular formula is C15H21NO. The molecule has 2 heteroatoms. The summed E-state index contributed by atoms with van der Waals surface area (Å²) in [6.45, 7) is 8.11. The van der Waals surface area contributed by atoms with Gasteiger partial charge in [0.25, 0.3) is 0 Å². The van der Waals surface area contributed by atoms with Crippen molar-refractivity contribution in [1.29, 1.82) is 0 Å². The quantitative estimate of drug-likeness (QED) is 0.846. The molecule has 1 unspecified atom stereocenters. The number of nitrogens with one attached hydrogen (secondary N) is 1. The second kappa shape index (κ2) is 5.01. The number of carbonyl (C=O) groups excluding carboxylic acids is 1. The van der Waals surface area contributed by atoms with Crippen molar-refractivity contribution < 1.29 is 4.79 Å². The molecule has 1 saturated heterocycles. The third-order valence-electron chi connectivity index (χ3n) is 3.69. The van der Waals surface area contributed by atoms with Gasteiger partial charge in [0.15, 0.2) is 0 Å². The number of hydrogen-bond acceptors (Lipinski definition) is 2. The molecule has 0 spiro atoms. The van der Waals surface area contributed by atoms with Crippen LogP contribution in [0.1, 0.15) is 28.7 Å². The number of Topliss-reactive ketones (excluding diaryl/α,β-unsaturated/α-hetero) is 1. The van der Waals surface area contributed by atoms with Crippen LogP contribution in [0.15, 0.2) is 12.1 Å². The van der Waals surface area contributed by atoms with Crippen LogP contribution in [-0.2, 0) is 11.2 Å². The molecule has 2 rings (SSSR count). The minimum Gasteiger partial charge on any atom is -0.316 e. The Labute approximate surface area is 103 Å². The van der Waals surface area contributed by atoms with Crippen LogP contribution in [0, 0.1) is 26.7 Å². The van der Waals surface area contributed by atoms with Crippen molar-refractivity contribution in [3.8, 4) is 0 Å². The van der Waals surface area contributed by atoms with E-state index in [9.17, 15) is 4.79 Å². The van der Waals surface area contributed by atoms with Crippen LogP contribution in [0.2, 0.25) is 0 Å². The molecule has 1 aliphatic rings. The molecule has 1 aromatic carbocycles. The summed E-state index contributed by atoms with van der Waals surface area (Å²) < 4.78 is 0. The van der Waals surface area contributed by atoms with Crippen molar-refractivity contribution in [2.75, 3.05) is 13.1 Å². The molecule has 0 saturated carbocycles. The van der Waals surface area contributed by atoms with Crippen molar-refractivity contribution in [2.45, 2.75) is 33.6 Å². The van der Waals surface area contributed by atoms with Crippen LogP contribution in [-0.4, -0.2) is 18.9 Å². The van der Waals surface area contributed by atoms with Crippen LogP contribution >= 0.6 is 0 Å². The fraction of sp³-hybridized carbons (Fsp3) is 0.533. The van der Waals surface area contributed by atoms with Crippen LogP contribution in [0.5, 0.6) is 0 Å². The zero-order valence-corrected chi connectivity index (χ0v) is 11.0. The predicted octanol–water partition coefficient (Wildman–Crippen LogP) is 2.33. The van der Waals surface area contributed by atoms with Gasteiger partial charge in [0, 0.05) is 25.4 Å². The largest absolute Gasteiger partial charge is 0.316 e. The van der Waals surface area contributed by atoms with E-state index in [4.69, 9.17) is 0 Å². The van der Waals surface area contributed by atoms with Crippen LogP contribution in [0.4, 0.5) is 0 Å². The van der Waals surface area contributed by atoms with Crippen LogP contribution in [0.25, 0.3) is 0 Å². The van der Waals surface area contributed by atoms with Gasteiger partial charge >= 0.3 is 0 Å². The Balaban J connectivity index is 2.20. The monoisotopic (exact) mass is 231 g/mol.